The maximum Gasteiger partial charge on any atom is 0.310 e. The van der Waals surface area contributed by atoms with Gasteiger partial charge in [-0.2, -0.15) is 0 Å². The largest absolute Gasteiger partial charge is 0.378 e. The van der Waals surface area contributed by atoms with Crippen molar-refractivity contribution in [2.45, 2.75) is 25.7 Å². The van der Waals surface area contributed by atoms with Gasteiger partial charge in [0, 0.05) is 13.1 Å². The predicted molar refractivity (Wildman–Crippen MR) is 81.5 cm³/mol. The van der Waals surface area contributed by atoms with Gasteiger partial charge < -0.3 is 10.2 Å². The number of likely N-dealkylation sites (tertiary alicyclic amines) is 1. The topological polar surface area (TPSA) is 58.4 Å². The van der Waals surface area contributed by atoms with E-state index in [1.54, 1.807) is 18.2 Å². The van der Waals surface area contributed by atoms with E-state index in [1.165, 1.54) is 25.7 Å². The Hall–Kier alpha value is -1.33. The smallest absolute Gasteiger partial charge is 0.310 e. The fraction of sp³-hybridized carbons (Fsp3) is 0.571. The summed E-state index contributed by atoms with van der Waals surface area (Å²) in [7, 11) is 0. The second kappa shape index (κ2) is 7.45. The number of nitro groups is 1. The summed E-state index contributed by atoms with van der Waals surface area (Å²) in [4.78, 5) is 13.0. The van der Waals surface area contributed by atoms with Gasteiger partial charge in [0.15, 0.2) is 0 Å². The minimum Gasteiger partial charge on any atom is -0.378 e. The standard InChI is InChI=1S/C14H20ClN3O2/c15-12-6-5-7-13(14(12)18(19)20)16-8-11-17-9-3-1-2-4-10-17/h5-7,16H,1-4,8-11H2. The lowest BCUT2D eigenvalue weighted by atomic mass is 10.2. The van der Waals surface area contributed by atoms with Crippen LogP contribution in [0.1, 0.15) is 25.7 Å². The van der Waals surface area contributed by atoms with Crippen LogP contribution in [0.3, 0.4) is 0 Å². The molecule has 0 amide bonds. The van der Waals surface area contributed by atoms with Crippen LogP contribution in [0.2, 0.25) is 5.02 Å². The van der Waals surface area contributed by atoms with E-state index in [0.717, 1.165) is 19.6 Å². The Kier molecular flexibility index (Phi) is 5.61. The van der Waals surface area contributed by atoms with Crippen LogP contribution in [-0.2, 0) is 0 Å². The second-order valence-electron chi connectivity index (χ2n) is 5.08. The molecule has 0 unspecified atom stereocenters. The summed E-state index contributed by atoms with van der Waals surface area (Å²) >= 11 is 5.88. The molecule has 20 heavy (non-hydrogen) atoms. The van der Waals surface area contributed by atoms with Crippen molar-refractivity contribution in [1.82, 2.24) is 4.90 Å². The molecule has 0 atom stereocenters. The maximum absolute atomic E-state index is 11.0. The van der Waals surface area contributed by atoms with Crippen LogP contribution >= 0.6 is 11.6 Å². The number of halogens is 1. The highest BCUT2D eigenvalue weighted by molar-refractivity contribution is 6.33. The molecule has 0 bridgehead atoms. The fourth-order valence-electron chi connectivity index (χ4n) is 2.55. The van der Waals surface area contributed by atoms with Crippen molar-refractivity contribution < 1.29 is 4.92 Å². The quantitative estimate of drug-likeness (QED) is 0.667. The molecule has 0 aromatic heterocycles. The molecule has 1 heterocycles. The first kappa shape index (κ1) is 15.1. The molecule has 110 valence electrons. The molecule has 0 aliphatic carbocycles. The minimum absolute atomic E-state index is 0.0370. The highest BCUT2D eigenvalue weighted by Gasteiger charge is 2.18. The molecule has 1 aliphatic heterocycles. The van der Waals surface area contributed by atoms with Gasteiger partial charge in [-0.05, 0) is 38.1 Å². The van der Waals surface area contributed by atoms with Gasteiger partial charge >= 0.3 is 5.69 Å². The molecule has 1 saturated heterocycles. The number of rotatable bonds is 5. The van der Waals surface area contributed by atoms with Gasteiger partial charge in [0.25, 0.3) is 0 Å². The van der Waals surface area contributed by atoms with Crippen molar-refractivity contribution in [3.63, 3.8) is 0 Å². The van der Waals surface area contributed by atoms with Crippen molar-refractivity contribution in [2.24, 2.45) is 0 Å². The number of benzene rings is 1. The Bertz CT molecular complexity index is 460. The third-order valence-corrected chi connectivity index (χ3v) is 3.92. The van der Waals surface area contributed by atoms with Crippen molar-refractivity contribution in [1.29, 1.82) is 0 Å². The van der Waals surface area contributed by atoms with E-state index in [9.17, 15) is 10.1 Å². The zero-order chi connectivity index (χ0) is 14.4. The third-order valence-electron chi connectivity index (χ3n) is 3.61. The summed E-state index contributed by atoms with van der Waals surface area (Å²) < 4.78 is 0. The van der Waals surface area contributed by atoms with E-state index in [1.807, 2.05) is 0 Å². The average molecular weight is 298 g/mol. The van der Waals surface area contributed by atoms with E-state index in [4.69, 9.17) is 11.6 Å². The van der Waals surface area contributed by atoms with Gasteiger partial charge in [0.1, 0.15) is 10.7 Å². The van der Waals surface area contributed by atoms with E-state index in [2.05, 4.69) is 10.2 Å². The Balaban J connectivity index is 1.90. The van der Waals surface area contributed by atoms with Gasteiger partial charge in [-0.25, -0.2) is 0 Å². The molecule has 2 rings (SSSR count). The molecule has 1 aromatic carbocycles. The molecule has 0 radical (unpaired) electrons. The predicted octanol–water partition coefficient (Wildman–Crippen LogP) is 3.54. The number of nitrogens with zero attached hydrogens (tertiary/aromatic N) is 2. The molecule has 6 heteroatoms. The number of nitro benzene ring substituents is 1. The number of hydrogen-bond donors (Lipinski definition) is 1. The van der Waals surface area contributed by atoms with Crippen LogP contribution in [0, 0.1) is 10.1 Å². The molecular weight excluding hydrogens is 278 g/mol. The number of nitrogens with one attached hydrogen (secondary N) is 1. The summed E-state index contributed by atoms with van der Waals surface area (Å²) in [6.07, 6.45) is 5.11. The number of anilines is 1. The van der Waals surface area contributed by atoms with E-state index in [0.29, 0.717) is 12.2 Å². The maximum atomic E-state index is 11.0. The minimum atomic E-state index is -0.434. The molecule has 0 spiro atoms. The van der Waals surface area contributed by atoms with E-state index >= 15 is 0 Å². The van der Waals surface area contributed by atoms with Gasteiger partial charge in [-0.1, -0.05) is 30.5 Å². The Morgan fingerprint density at radius 3 is 2.60 bits per heavy atom. The lowest BCUT2D eigenvalue weighted by Crippen LogP contribution is -2.30. The fourth-order valence-corrected chi connectivity index (χ4v) is 2.80. The SMILES string of the molecule is O=[N+]([O-])c1c(Cl)cccc1NCCN1CCCCCC1. The lowest BCUT2D eigenvalue weighted by Gasteiger charge is -2.20. The summed E-state index contributed by atoms with van der Waals surface area (Å²) in [5.41, 5.74) is 0.461. The van der Waals surface area contributed by atoms with Crippen LogP contribution < -0.4 is 5.32 Å². The van der Waals surface area contributed by atoms with Gasteiger partial charge in [0.05, 0.1) is 4.92 Å². The van der Waals surface area contributed by atoms with Crippen LogP contribution in [0.4, 0.5) is 11.4 Å². The molecular formula is C14H20ClN3O2. The lowest BCUT2D eigenvalue weighted by molar-refractivity contribution is -0.383. The zero-order valence-corrected chi connectivity index (χ0v) is 12.2. The van der Waals surface area contributed by atoms with Gasteiger partial charge in [-0.15, -0.1) is 0 Å². The Labute approximate surface area is 124 Å². The first-order valence-electron chi connectivity index (χ1n) is 7.07. The molecule has 1 aliphatic rings. The van der Waals surface area contributed by atoms with Crippen molar-refractivity contribution in [2.75, 3.05) is 31.5 Å². The van der Waals surface area contributed by atoms with Gasteiger partial charge in [0.2, 0.25) is 0 Å². The van der Waals surface area contributed by atoms with Crippen molar-refractivity contribution in [3.8, 4) is 0 Å². The number of para-hydroxylation sites is 1. The molecule has 0 saturated carbocycles. The van der Waals surface area contributed by atoms with Crippen LogP contribution in [0.15, 0.2) is 18.2 Å². The summed E-state index contributed by atoms with van der Waals surface area (Å²) in [5, 5.41) is 14.3. The average Bonchev–Trinajstić information content (AvgIpc) is 2.67. The monoisotopic (exact) mass is 297 g/mol. The Morgan fingerprint density at radius 1 is 1.25 bits per heavy atom. The summed E-state index contributed by atoms with van der Waals surface area (Å²) in [6.45, 7) is 3.85. The van der Waals surface area contributed by atoms with Crippen molar-refractivity contribution in [3.05, 3.63) is 33.3 Å². The summed E-state index contributed by atoms with van der Waals surface area (Å²) in [6, 6.07) is 4.97. The Morgan fingerprint density at radius 2 is 1.95 bits per heavy atom. The summed E-state index contributed by atoms with van der Waals surface area (Å²) in [5.74, 6) is 0. The van der Waals surface area contributed by atoms with Gasteiger partial charge in [-0.3, -0.25) is 10.1 Å². The molecule has 5 nitrogen and oxygen atoms in total. The number of hydrogen-bond acceptors (Lipinski definition) is 4. The van der Waals surface area contributed by atoms with Crippen LogP contribution in [0.25, 0.3) is 0 Å². The van der Waals surface area contributed by atoms with Crippen LogP contribution in [0.5, 0.6) is 0 Å². The third kappa shape index (κ3) is 4.08. The van der Waals surface area contributed by atoms with E-state index in [-0.39, 0.29) is 10.7 Å². The second-order valence-corrected chi connectivity index (χ2v) is 5.48. The highest BCUT2D eigenvalue weighted by atomic mass is 35.5. The van der Waals surface area contributed by atoms with E-state index < -0.39 is 4.92 Å². The first-order chi connectivity index (χ1) is 9.68. The van der Waals surface area contributed by atoms with Crippen molar-refractivity contribution >= 4 is 23.0 Å². The normalized spacial score (nSPS) is 16.6. The first-order valence-corrected chi connectivity index (χ1v) is 7.45. The molecule has 1 aromatic rings. The zero-order valence-electron chi connectivity index (χ0n) is 11.5. The molecule has 1 N–H and O–H groups in total. The van der Waals surface area contributed by atoms with Crippen LogP contribution in [-0.4, -0.2) is 36.0 Å². The highest BCUT2D eigenvalue weighted by Crippen LogP contribution is 2.31. The molecule has 1 fully saturated rings.